The van der Waals surface area contributed by atoms with Gasteiger partial charge in [0.2, 0.25) is 0 Å². The zero-order valence-electron chi connectivity index (χ0n) is 34.3. The van der Waals surface area contributed by atoms with Crippen LogP contribution in [0.1, 0.15) is 66.8 Å². The molecule has 0 radical (unpaired) electrons. The lowest BCUT2D eigenvalue weighted by molar-refractivity contribution is 1.11. The number of hydrogen-bond donors (Lipinski definition) is 0. The first kappa shape index (κ1) is 61.0. The average Bonchev–Trinajstić information content (AvgIpc) is 3.07. The van der Waals surface area contributed by atoms with Crippen molar-refractivity contribution < 1.29 is 28.2 Å². The Morgan fingerprint density at radius 1 is 0.130 bits per heavy atom. The summed E-state index contributed by atoms with van der Waals surface area (Å²) in [6.45, 7) is 25.2. The van der Waals surface area contributed by atoms with E-state index < -0.39 is 0 Å². The SMILES string of the molecule is Cc1ccc(C)cc1.Cc1ccc(C)cc1.Cc1ccc(C)cc1.Cc1ccc(C)cc1.Cc1ccc(C)cc1.Cc1ccc(C)cc1.F.F.F.F.F.F. The summed E-state index contributed by atoms with van der Waals surface area (Å²) in [4.78, 5) is 0. The molecule has 0 nitrogen and oxygen atoms in total. The van der Waals surface area contributed by atoms with Crippen LogP contribution in [0.3, 0.4) is 0 Å². The minimum Gasteiger partial charge on any atom is -0.269 e. The van der Waals surface area contributed by atoms with Crippen LogP contribution in [0.15, 0.2) is 146 Å². The molecule has 0 saturated carbocycles. The Morgan fingerprint density at radius 3 is 0.204 bits per heavy atom. The third-order valence-electron chi connectivity index (χ3n) is 7.31. The smallest absolute Gasteiger partial charge is 0.0398 e. The summed E-state index contributed by atoms with van der Waals surface area (Å²) in [5.74, 6) is 0. The zero-order valence-corrected chi connectivity index (χ0v) is 34.3. The van der Waals surface area contributed by atoms with Crippen molar-refractivity contribution in [1.82, 2.24) is 0 Å². The summed E-state index contributed by atoms with van der Waals surface area (Å²) in [7, 11) is 0. The van der Waals surface area contributed by atoms with Gasteiger partial charge in [0.25, 0.3) is 0 Å². The lowest BCUT2D eigenvalue weighted by Gasteiger charge is -1.90. The Hall–Kier alpha value is -5.10. The zero-order chi connectivity index (χ0) is 35.9. The van der Waals surface area contributed by atoms with Gasteiger partial charge >= 0.3 is 0 Å². The maximum atomic E-state index is 2.12. The van der Waals surface area contributed by atoms with Crippen LogP contribution in [0.4, 0.5) is 28.2 Å². The second-order valence-electron chi connectivity index (χ2n) is 12.9. The van der Waals surface area contributed by atoms with Crippen LogP contribution in [0, 0.1) is 83.1 Å². The van der Waals surface area contributed by atoms with E-state index >= 15 is 0 Å². The van der Waals surface area contributed by atoms with Gasteiger partial charge in [-0.3, -0.25) is 28.2 Å². The maximum absolute atomic E-state index is 2.12. The molecule has 0 aliphatic heterocycles. The largest absolute Gasteiger partial charge is 0.269 e. The first-order valence-electron chi connectivity index (χ1n) is 16.9. The van der Waals surface area contributed by atoms with Gasteiger partial charge in [-0.15, -0.1) is 0 Å². The number of hydrogen-bond acceptors (Lipinski definition) is 0. The van der Waals surface area contributed by atoms with E-state index in [1.807, 2.05) is 0 Å². The molecular weight excluding hydrogens is 691 g/mol. The van der Waals surface area contributed by atoms with E-state index in [4.69, 9.17) is 0 Å². The second-order valence-corrected chi connectivity index (χ2v) is 12.9. The summed E-state index contributed by atoms with van der Waals surface area (Å²) in [6.07, 6.45) is 0. The van der Waals surface area contributed by atoms with Gasteiger partial charge in [-0.1, -0.05) is 212 Å². The fourth-order valence-electron chi connectivity index (χ4n) is 3.82. The lowest BCUT2D eigenvalue weighted by atomic mass is 10.2. The van der Waals surface area contributed by atoms with Gasteiger partial charge in [-0.2, -0.15) is 0 Å². The van der Waals surface area contributed by atoms with E-state index in [2.05, 4.69) is 229 Å². The van der Waals surface area contributed by atoms with Crippen molar-refractivity contribution in [3.8, 4) is 0 Å². The van der Waals surface area contributed by atoms with Crippen molar-refractivity contribution in [2.75, 3.05) is 0 Å². The monoisotopic (exact) mass is 757 g/mol. The molecule has 0 N–H and O–H groups in total. The Labute approximate surface area is 322 Å². The van der Waals surface area contributed by atoms with E-state index in [0.717, 1.165) is 0 Å². The molecule has 0 heterocycles. The molecule has 6 aromatic rings. The average molecular weight is 757 g/mol. The first-order chi connectivity index (χ1) is 22.7. The molecule has 54 heavy (non-hydrogen) atoms. The van der Waals surface area contributed by atoms with Crippen molar-refractivity contribution in [2.45, 2.75) is 83.1 Å². The van der Waals surface area contributed by atoms with Gasteiger partial charge in [-0.05, 0) is 83.1 Å². The summed E-state index contributed by atoms with van der Waals surface area (Å²) < 4.78 is 0. The van der Waals surface area contributed by atoms with Crippen molar-refractivity contribution in [1.29, 1.82) is 0 Å². The van der Waals surface area contributed by atoms with E-state index in [-0.39, 0.29) is 28.2 Å². The van der Waals surface area contributed by atoms with E-state index in [1.165, 1.54) is 66.8 Å². The summed E-state index contributed by atoms with van der Waals surface area (Å²) in [5.41, 5.74) is 16.0. The lowest BCUT2D eigenvalue weighted by Crippen LogP contribution is -1.70. The molecule has 0 aromatic heterocycles. The second kappa shape index (κ2) is 35.0. The molecule has 0 aliphatic rings. The van der Waals surface area contributed by atoms with Gasteiger partial charge in [0.05, 0.1) is 0 Å². The predicted octanol–water partition coefficient (Wildman–Crippen LogP) is 14.7. The number of benzene rings is 6. The molecule has 6 rings (SSSR count). The molecule has 0 spiro atoms. The highest BCUT2D eigenvalue weighted by molar-refractivity contribution is 5.23. The van der Waals surface area contributed by atoms with Crippen LogP contribution in [0.25, 0.3) is 0 Å². The van der Waals surface area contributed by atoms with Crippen LogP contribution in [-0.4, -0.2) is 0 Å². The molecule has 0 fully saturated rings. The standard InChI is InChI=1S/6C8H10.6FH/c6*1-7-3-5-8(2)6-4-7;;;;;;/h6*3-6H,1-2H3;6*1H. The molecular formula is C48H66F6. The molecule has 6 aromatic carbocycles. The highest BCUT2D eigenvalue weighted by Gasteiger charge is 1.83. The molecule has 6 heteroatoms. The normalized spacial score (nSPS) is 8.22. The van der Waals surface area contributed by atoms with Gasteiger partial charge < -0.3 is 0 Å². The third-order valence-corrected chi connectivity index (χ3v) is 7.31. The Morgan fingerprint density at radius 2 is 0.167 bits per heavy atom. The molecule has 0 aliphatic carbocycles. The van der Waals surface area contributed by atoms with Crippen LogP contribution in [-0.2, 0) is 0 Å². The van der Waals surface area contributed by atoms with Crippen molar-refractivity contribution in [3.05, 3.63) is 212 Å². The molecule has 0 bridgehead atoms. The number of aryl methyl sites for hydroxylation is 12. The number of rotatable bonds is 0. The molecule has 0 saturated heterocycles. The predicted molar refractivity (Wildman–Crippen MR) is 231 cm³/mol. The van der Waals surface area contributed by atoms with Crippen LogP contribution >= 0.6 is 0 Å². The summed E-state index contributed by atoms with van der Waals surface area (Å²) in [6, 6.07) is 50.9. The van der Waals surface area contributed by atoms with Gasteiger partial charge in [-0.25, -0.2) is 0 Å². The highest BCUT2D eigenvalue weighted by Crippen LogP contribution is 2.03. The minimum atomic E-state index is 0. The maximum Gasteiger partial charge on any atom is -0.0398 e. The Balaban J connectivity index is -0.000000125. The van der Waals surface area contributed by atoms with Gasteiger partial charge in [0, 0.05) is 0 Å². The van der Waals surface area contributed by atoms with Gasteiger partial charge in [0.15, 0.2) is 0 Å². The molecule has 0 atom stereocenters. The van der Waals surface area contributed by atoms with Crippen molar-refractivity contribution in [2.24, 2.45) is 0 Å². The fraction of sp³-hybridized carbons (Fsp3) is 0.250. The topological polar surface area (TPSA) is 0 Å². The van der Waals surface area contributed by atoms with Crippen LogP contribution < -0.4 is 0 Å². The third kappa shape index (κ3) is 32.8. The van der Waals surface area contributed by atoms with Crippen molar-refractivity contribution in [3.63, 3.8) is 0 Å². The molecule has 0 amide bonds. The van der Waals surface area contributed by atoms with E-state index in [0.29, 0.717) is 0 Å². The Bertz CT molecular complexity index is 1200. The summed E-state index contributed by atoms with van der Waals surface area (Å²) in [5, 5.41) is 0. The van der Waals surface area contributed by atoms with Crippen LogP contribution in [0.2, 0.25) is 0 Å². The Kier molecular flexibility index (Phi) is 39.5. The number of halogens is 6. The first-order valence-corrected chi connectivity index (χ1v) is 16.9. The molecule has 0 unspecified atom stereocenters. The van der Waals surface area contributed by atoms with Crippen LogP contribution in [0.5, 0.6) is 0 Å². The van der Waals surface area contributed by atoms with E-state index in [1.54, 1.807) is 0 Å². The minimum absolute atomic E-state index is 0. The van der Waals surface area contributed by atoms with E-state index in [9.17, 15) is 0 Å². The quantitative estimate of drug-likeness (QED) is 0.135. The van der Waals surface area contributed by atoms with Gasteiger partial charge in [0.1, 0.15) is 0 Å². The fourth-order valence-corrected chi connectivity index (χ4v) is 3.82. The highest BCUT2D eigenvalue weighted by atomic mass is 19.0. The van der Waals surface area contributed by atoms with Crippen molar-refractivity contribution >= 4 is 0 Å². The molecule has 300 valence electrons. The summed E-state index contributed by atoms with van der Waals surface area (Å²) >= 11 is 0.